The maximum absolute atomic E-state index is 12.3. The minimum atomic E-state index is -0.635. The maximum atomic E-state index is 12.3. The van der Waals surface area contributed by atoms with E-state index >= 15 is 0 Å². The van der Waals surface area contributed by atoms with Crippen LogP contribution in [-0.2, 0) is 0 Å². The fraction of sp³-hybridized carbons (Fsp3) is 0.556. The van der Waals surface area contributed by atoms with Gasteiger partial charge in [0.1, 0.15) is 0 Å². The van der Waals surface area contributed by atoms with Gasteiger partial charge in [0.2, 0.25) is 0 Å². The van der Waals surface area contributed by atoms with Crippen molar-refractivity contribution in [2.45, 2.75) is 32.6 Å². The van der Waals surface area contributed by atoms with E-state index in [1.165, 1.54) is 6.42 Å². The number of benzene rings is 1. The van der Waals surface area contributed by atoms with Gasteiger partial charge in [0, 0.05) is 13.1 Å². The van der Waals surface area contributed by atoms with Crippen molar-refractivity contribution in [3.8, 4) is 0 Å². The van der Waals surface area contributed by atoms with E-state index in [0.717, 1.165) is 29.6 Å². The first-order valence-corrected chi connectivity index (χ1v) is 8.58. The number of likely N-dealkylation sites (N-methyl/N-ethyl adjacent to an activating group) is 1. The van der Waals surface area contributed by atoms with Gasteiger partial charge in [-0.1, -0.05) is 19.9 Å². The second kappa shape index (κ2) is 6.81. The van der Waals surface area contributed by atoms with Gasteiger partial charge in [0.15, 0.2) is 5.58 Å². The van der Waals surface area contributed by atoms with Gasteiger partial charge in [0.25, 0.3) is 0 Å². The molecule has 0 bridgehead atoms. The van der Waals surface area contributed by atoms with E-state index in [4.69, 9.17) is 4.42 Å². The molecule has 6 nitrogen and oxygen atoms in total. The topological polar surface area (TPSA) is 67.5 Å². The summed E-state index contributed by atoms with van der Waals surface area (Å²) in [6.45, 7) is 6.66. The number of fused-ring (bicyclic) bond motifs is 1. The Morgan fingerprint density at radius 1 is 1.42 bits per heavy atom. The fourth-order valence-electron chi connectivity index (χ4n) is 3.29. The second-order valence-electron chi connectivity index (χ2n) is 7.11. The third-order valence-electron chi connectivity index (χ3n) is 4.57. The first-order valence-electron chi connectivity index (χ1n) is 8.58. The molecule has 1 aliphatic rings. The second-order valence-corrected chi connectivity index (χ2v) is 7.11. The van der Waals surface area contributed by atoms with Crippen molar-refractivity contribution in [3.05, 3.63) is 34.3 Å². The van der Waals surface area contributed by atoms with Crippen LogP contribution in [0.5, 0.6) is 0 Å². The lowest BCUT2D eigenvalue weighted by molar-refractivity contribution is 0.240. The number of likely N-dealkylation sites (tertiary alicyclic amines) is 1. The Labute approximate surface area is 141 Å². The smallest absolute Gasteiger partial charge is 0.407 e. The summed E-state index contributed by atoms with van der Waals surface area (Å²) in [4.78, 5) is 26.7. The van der Waals surface area contributed by atoms with Crippen LogP contribution >= 0.6 is 0 Å². The number of hydrogen-bond acceptors (Lipinski definition) is 4. The summed E-state index contributed by atoms with van der Waals surface area (Å²) in [6.07, 6.45) is 2.30. The lowest BCUT2D eigenvalue weighted by Gasteiger charge is -2.29. The minimum Gasteiger partial charge on any atom is -0.407 e. The number of amides is 1. The van der Waals surface area contributed by atoms with Crippen molar-refractivity contribution in [2.75, 3.05) is 26.7 Å². The number of carbonyl (C=O) groups excluding carboxylic acids is 1. The zero-order valence-corrected chi connectivity index (χ0v) is 14.5. The average Bonchev–Trinajstić information content (AvgIpc) is 2.87. The molecule has 6 heteroatoms. The fourth-order valence-corrected chi connectivity index (χ4v) is 3.29. The van der Waals surface area contributed by atoms with Crippen molar-refractivity contribution in [2.24, 2.45) is 5.92 Å². The molecule has 2 heterocycles. The predicted octanol–water partition coefficient (Wildman–Crippen LogP) is 2.62. The molecule has 1 amide bonds. The van der Waals surface area contributed by atoms with Crippen LogP contribution in [0, 0.1) is 5.92 Å². The van der Waals surface area contributed by atoms with Gasteiger partial charge in [-0.2, -0.15) is 4.57 Å². The highest BCUT2D eigenvalue weighted by Gasteiger charge is 2.21. The maximum Gasteiger partial charge on any atom is 0.428 e. The molecule has 0 spiro atoms. The SMILES string of the molecule is CC(C)CNC(=O)n1c(=O)oc2cc(C3CCCN(C)C3)ccc21. The van der Waals surface area contributed by atoms with Crippen molar-refractivity contribution in [3.63, 3.8) is 0 Å². The van der Waals surface area contributed by atoms with E-state index in [9.17, 15) is 9.59 Å². The van der Waals surface area contributed by atoms with Gasteiger partial charge >= 0.3 is 11.8 Å². The van der Waals surface area contributed by atoms with Gasteiger partial charge < -0.3 is 14.6 Å². The van der Waals surface area contributed by atoms with Gasteiger partial charge in [0.05, 0.1) is 5.52 Å². The van der Waals surface area contributed by atoms with E-state index in [1.807, 2.05) is 32.0 Å². The number of aromatic nitrogens is 1. The normalized spacial score (nSPS) is 19.1. The molecule has 0 radical (unpaired) electrons. The summed E-state index contributed by atoms with van der Waals surface area (Å²) in [5.41, 5.74) is 2.16. The van der Waals surface area contributed by atoms with Crippen LogP contribution in [0.2, 0.25) is 0 Å². The number of nitrogens with one attached hydrogen (secondary N) is 1. The summed E-state index contributed by atoms with van der Waals surface area (Å²) in [5, 5.41) is 2.76. The summed E-state index contributed by atoms with van der Waals surface area (Å²) >= 11 is 0. The van der Waals surface area contributed by atoms with E-state index in [2.05, 4.69) is 17.3 Å². The summed E-state index contributed by atoms with van der Waals surface area (Å²) in [7, 11) is 2.13. The average molecular weight is 331 g/mol. The first-order chi connectivity index (χ1) is 11.5. The van der Waals surface area contributed by atoms with Crippen molar-refractivity contribution in [1.82, 2.24) is 14.8 Å². The van der Waals surface area contributed by atoms with E-state index in [-0.39, 0.29) is 0 Å². The standard InChI is InChI=1S/C18H25N3O3/c1-12(2)10-19-17(22)21-15-7-6-13(9-16(15)24-18(21)23)14-5-4-8-20(3)11-14/h6-7,9,12,14H,4-5,8,10-11H2,1-3H3,(H,19,22). The Morgan fingerprint density at radius 2 is 2.21 bits per heavy atom. The number of rotatable bonds is 3. The molecule has 1 saturated heterocycles. The number of hydrogen-bond donors (Lipinski definition) is 1. The summed E-state index contributed by atoms with van der Waals surface area (Å²) in [5.74, 6) is 0.124. The molecule has 1 aromatic heterocycles. The van der Waals surface area contributed by atoms with E-state index < -0.39 is 11.8 Å². The molecule has 1 atom stereocenters. The largest absolute Gasteiger partial charge is 0.428 e. The quantitative estimate of drug-likeness (QED) is 0.939. The lowest BCUT2D eigenvalue weighted by Crippen LogP contribution is -2.36. The highest BCUT2D eigenvalue weighted by molar-refractivity contribution is 5.88. The number of nitrogens with zero attached hydrogens (tertiary/aromatic N) is 2. The van der Waals surface area contributed by atoms with Gasteiger partial charge in [-0.15, -0.1) is 0 Å². The zero-order valence-electron chi connectivity index (χ0n) is 14.5. The highest BCUT2D eigenvalue weighted by atomic mass is 16.4. The van der Waals surface area contributed by atoms with Crippen LogP contribution in [0.1, 0.15) is 38.2 Å². The third kappa shape index (κ3) is 3.38. The summed E-state index contributed by atoms with van der Waals surface area (Å²) in [6, 6.07) is 5.30. The lowest BCUT2D eigenvalue weighted by atomic mass is 9.91. The minimum absolute atomic E-state index is 0.317. The molecule has 1 aromatic carbocycles. The predicted molar refractivity (Wildman–Crippen MR) is 93.6 cm³/mol. The molecule has 1 N–H and O–H groups in total. The molecular weight excluding hydrogens is 306 g/mol. The number of carbonyl (C=O) groups is 1. The van der Waals surface area contributed by atoms with Gasteiger partial charge in [-0.25, -0.2) is 9.59 Å². The Bertz CT molecular complexity index is 790. The van der Waals surface area contributed by atoms with E-state index in [0.29, 0.717) is 29.5 Å². The molecule has 3 rings (SSSR count). The molecular formula is C18H25N3O3. The third-order valence-corrected chi connectivity index (χ3v) is 4.57. The molecule has 130 valence electrons. The van der Waals surface area contributed by atoms with Crippen LogP contribution in [0.25, 0.3) is 11.1 Å². The number of oxazole rings is 1. The molecule has 0 aliphatic carbocycles. The van der Waals surface area contributed by atoms with Crippen molar-refractivity contribution >= 4 is 17.1 Å². The highest BCUT2D eigenvalue weighted by Crippen LogP contribution is 2.28. The monoisotopic (exact) mass is 331 g/mol. The van der Waals surface area contributed by atoms with Crippen LogP contribution in [-0.4, -0.2) is 42.2 Å². The molecule has 1 aliphatic heterocycles. The van der Waals surface area contributed by atoms with Gasteiger partial charge in [-0.3, -0.25) is 0 Å². The Kier molecular flexibility index (Phi) is 4.76. The van der Waals surface area contributed by atoms with Crippen LogP contribution in [0.4, 0.5) is 4.79 Å². The van der Waals surface area contributed by atoms with E-state index in [1.54, 1.807) is 0 Å². The first kappa shape index (κ1) is 16.8. The molecule has 1 unspecified atom stereocenters. The van der Waals surface area contributed by atoms with Crippen LogP contribution in [0.3, 0.4) is 0 Å². The summed E-state index contributed by atoms with van der Waals surface area (Å²) < 4.78 is 6.40. The Morgan fingerprint density at radius 3 is 2.92 bits per heavy atom. The van der Waals surface area contributed by atoms with Crippen LogP contribution in [0.15, 0.2) is 27.4 Å². The zero-order chi connectivity index (χ0) is 17.3. The molecule has 1 fully saturated rings. The van der Waals surface area contributed by atoms with Crippen molar-refractivity contribution < 1.29 is 9.21 Å². The Balaban J connectivity index is 1.89. The Hall–Kier alpha value is -2.08. The molecule has 0 saturated carbocycles. The molecule has 2 aromatic rings. The number of piperidine rings is 1. The van der Waals surface area contributed by atoms with Crippen molar-refractivity contribution in [1.29, 1.82) is 0 Å². The van der Waals surface area contributed by atoms with Crippen LogP contribution < -0.4 is 11.1 Å². The van der Waals surface area contributed by atoms with Gasteiger partial charge in [-0.05, 0) is 56.0 Å². The molecule has 24 heavy (non-hydrogen) atoms.